The molecule has 25 heavy (non-hydrogen) atoms. The Morgan fingerprint density at radius 1 is 0.640 bits per heavy atom. The molecule has 0 amide bonds. The van der Waals surface area contributed by atoms with Crippen LogP contribution in [0.1, 0.15) is 11.1 Å². The van der Waals surface area contributed by atoms with E-state index in [1.54, 1.807) is 0 Å². The fourth-order valence-electron chi connectivity index (χ4n) is 3.90. The van der Waals surface area contributed by atoms with Crippen molar-refractivity contribution in [2.24, 2.45) is 0 Å². The van der Waals surface area contributed by atoms with Gasteiger partial charge in [-0.05, 0) is 53.6 Å². The lowest BCUT2D eigenvalue weighted by atomic mass is 9.92. The van der Waals surface area contributed by atoms with Gasteiger partial charge in [0.15, 0.2) is 0 Å². The maximum atomic E-state index is 6.32. The molecule has 0 unspecified atom stereocenters. The van der Waals surface area contributed by atoms with Crippen molar-refractivity contribution in [1.82, 2.24) is 0 Å². The minimum Gasteiger partial charge on any atom is -0.455 e. The lowest BCUT2D eigenvalue weighted by molar-refractivity contribution is 0.672. The molecule has 1 aromatic heterocycles. The largest absolute Gasteiger partial charge is 0.455 e. The Labute approximate surface area is 146 Å². The Hall–Kier alpha value is -3.06. The van der Waals surface area contributed by atoms with Crippen LogP contribution in [-0.2, 0) is 0 Å². The summed E-state index contributed by atoms with van der Waals surface area (Å²) in [5.41, 5.74) is 7.06. The first-order valence-corrected chi connectivity index (χ1v) is 8.63. The molecule has 0 N–H and O–H groups in total. The van der Waals surface area contributed by atoms with Crippen LogP contribution in [0.4, 0.5) is 0 Å². The van der Waals surface area contributed by atoms with Gasteiger partial charge in [0.05, 0.1) is 0 Å². The van der Waals surface area contributed by atoms with Crippen molar-refractivity contribution in [2.45, 2.75) is 13.8 Å². The molecule has 0 aliphatic carbocycles. The highest BCUT2D eigenvalue weighted by atomic mass is 16.3. The van der Waals surface area contributed by atoms with Gasteiger partial charge in [0.2, 0.25) is 0 Å². The lowest BCUT2D eigenvalue weighted by Gasteiger charge is -2.11. The molecule has 5 rings (SSSR count). The maximum Gasteiger partial charge on any atom is 0.143 e. The first-order chi connectivity index (χ1) is 12.2. The zero-order valence-corrected chi connectivity index (χ0v) is 14.3. The van der Waals surface area contributed by atoms with Crippen LogP contribution in [0.5, 0.6) is 0 Å². The zero-order chi connectivity index (χ0) is 17.0. The Morgan fingerprint density at radius 2 is 1.44 bits per heavy atom. The zero-order valence-electron chi connectivity index (χ0n) is 14.3. The van der Waals surface area contributed by atoms with Crippen molar-refractivity contribution in [3.63, 3.8) is 0 Å². The molecule has 0 atom stereocenters. The van der Waals surface area contributed by atoms with Crippen molar-refractivity contribution < 1.29 is 4.42 Å². The molecule has 0 aliphatic rings. The van der Waals surface area contributed by atoms with E-state index >= 15 is 0 Å². The summed E-state index contributed by atoms with van der Waals surface area (Å²) in [7, 11) is 0. The number of rotatable bonds is 1. The third kappa shape index (κ3) is 2.02. The van der Waals surface area contributed by atoms with E-state index < -0.39 is 0 Å². The first-order valence-electron chi connectivity index (χ1n) is 8.63. The van der Waals surface area contributed by atoms with Gasteiger partial charge in [0, 0.05) is 16.2 Å². The summed E-state index contributed by atoms with van der Waals surface area (Å²) in [5.74, 6) is 0. The van der Waals surface area contributed by atoms with E-state index in [2.05, 4.69) is 86.6 Å². The van der Waals surface area contributed by atoms with E-state index in [-0.39, 0.29) is 0 Å². The molecule has 1 nitrogen and oxygen atoms in total. The topological polar surface area (TPSA) is 13.1 Å². The molecule has 0 saturated carbocycles. The molecule has 0 fully saturated rings. The van der Waals surface area contributed by atoms with Crippen molar-refractivity contribution in [2.75, 3.05) is 0 Å². The predicted octanol–water partition coefficient (Wildman–Crippen LogP) is 7.02. The number of hydrogen-bond acceptors (Lipinski definition) is 1. The fraction of sp³-hybridized carbons (Fsp3) is 0.0833. The summed E-state index contributed by atoms with van der Waals surface area (Å²) in [5, 5.41) is 4.79. The molecule has 5 aromatic rings. The molecular weight excluding hydrogens is 304 g/mol. The number of benzene rings is 4. The van der Waals surface area contributed by atoms with Gasteiger partial charge in [0.25, 0.3) is 0 Å². The van der Waals surface area contributed by atoms with E-state index in [1.807, 2.05) is 0 Å². The first kappa shape index (κ1) is 14.3. The smallest absolute Gasteiger partial charge is 0.143 e. The Bertz CT molecular complexity index is 1260. The molecule has 1 heteroatoms. The van der Waals surface area contributed by atoms with Crippen LogP contribution in [0.15, 0.2) is 77.2 Å². The summed E-state index contributed by atoms with van der Waals surface area (Å²) < 4.78 is 6.32. The van der Waals surface area contributed by atoms with Gasteiger partial charge in [0.1, 0.15) is 11.2 Å². The lowest BCUT2D eigenvalue weighted by Crippen LogP contribution is -1.88. The molecule has 120 valence electrons. The highest BCUT2D eigenvalue weighted by Crippen LogP contribution is 2.41. The fourth-order valence-corrected chi connectivity index (χ4v) is 3.90. The maximum absolute atomic E-state index is 6.32. The Kier molecular flexibility index (Phi) is 2.98. The second kappa shape index (κ2) is 5.22. The van der Waals surface area contributed by atoms with Crippen LogP contribution in [0.25, 0.3) is 43.8 Å². The second-order valence-corrected chi connectivity index (χ2v) is 6.71. The van der Waals surface area contributed by atoms with Crippen LogP contribution >= 0.6 is 0 Å². The third-order valence-corrected chi connectivity index (χ3v) is 5.15. The average Bonchev–Trinajstić information content (AvgIpc) is 3.02. The molecule has 0 aliphatic heterocycles. The molecule has 1 heterocycles. The second-order valence-electron chi connectivity index (χ2n) is 6.71. The van der Waals surface area contributed by atoms with Gasteiger partial charge in [-0.3, -0.25) is 0 Å². The summed E-state index contributed by atoms with van der Waals surface area (Å²) in [6.45, 7) is 4.35. The molecule has 0 bridgehead atoms. The van der Waals surface area contributed by atoms with E-state index in [0.29, 0.717) is 0 Å². The molecule has 4 aromatic carbocycles. The van der Waals surface area contributed by atoms with Crippen LogP contribution in [0.3, 0.4) is 0 Å². The number of hydrogen-bond donors (Lipinski definition) is 0. The normalized spacial score (nSPS) is 11.6. The minimum absolute atomic E-state index is 0.954. The van der Waals surface area contributed by atoms with Gasteiger partial charge in [-0.1, -0.05) is 60.7 Å². The number of aryl methyl sites for hydroxylation is 2. The number of furan rings is 1. The van der Waals surface area contributed by atoms with Crippen LogP contribution in [-0.4, -0.2) is 0 Å². The van der Waals surface area contributed by atoms with Gasteiger partial charge < -0.3 is 4.42 Å². The highest BCUT2D eigenvalue weighted by molar-refractivity contribution is 6.19. The van der Waals surface area contributed by atoms with Crippen LogP contribution < -0.4 is 0 Å². The summed E-state index contributed by atoms with van der Waals surface area (Å²) in [4.78, 5) is 0. The van der Waals surface area contributed by atoms with Gasteiger partial charge >= 0.3 is 0 Å². The summed E-state index contributed by atoms with van der Waals surface area (Å²) in [6.07, 6.45) is 0. The van der Waals surface area contributed by atoms with E-state index in [0.717, 1.165) is 11.2 Å². The van der Waals surface area contributed by atoms with Gasteiger partial charge in [-0.25, -0.2) is 0 Å². The van der Waals surface area contributed by atoms with Crippen molar-refractivity contribution in [3.8, 4) is 11.1 Å². The number of fused-ring (bicyclic) bond motifs is 5. The van der Waals surface area contributed by atoms with Gasteiger partial charge in [-0.15, -0.1) is 0 Å². The predicted molar refractivity (Wildman–Crippen MR) is 106 cm³/mol. The van der Waals surface area contributed by atoms with E-state index in [4.69, 9.17) is 4.42 Å². The quantitative estimate of drug-likeness (QED) is 0.323. The van der Waals surface area contributed by atoms with Gasteiger partial charge in [-0.2, -0.15) is 0 Å². The molecule has 0 radical (unpaired) electrons. The summed E-state index contributed by atoms with van der Waals surface area (Å²) in [6, 6.07) is 25.6. The third-order valence-electron chi connectivity index (χ3n) is 5.15. The van der Waals surface area contributed by atoms with Crippen LogP contribution in [0, 0.1) is 13.8 Å². The monoisotopic (exact) mass is 322 g/mol. The highest BCUT2D eigenvalue weighted by Gasteiger charge is 2.17. The Morgan fingerprint density at radius 3 is 2.32 bits per heavy atom. The minimum atomic E-state index is 0.954. The van der Waals surface area contributed by atoms with Crippen molar-refractivity contribution >= 4 is 32.7 Å². The molecular formula is C24H18O. The van der Waals surface area contributed by atoms with Crippen molar-refractivity contribution in [3.05, 3.63) is 83.9 Å². The Balaban J connectivity index is 2.00. The molecule has 0 saturated heterocycles. The standard InChI is InChI=1S/C24H18O/c1-15-7-3-5-9-18(15)22-16(2)11-14-21-23(22)20-13-12-17-8-4-6-10-19(17)24(20)25-21/h3-14H,1-2H3. The summed E-state index contributed by atoms with van der Waals surface area (Å²) >= 11 is 0. The van der Waals surface area contributed by atoms with E-state index in [9.17, 15) is 0 Å². The average molecular weight is 322 g/mol. The van der Waals surface area contributed by atoms with E-state index in [1.165, 1.54) is 43.8 Å². The van der Waals surface area contributed by atoms with Crippen LogP contribution in [0.2, 0.25) is 0 Å². The molecule has 0 spiro atoms. The van der Waals surface area contributed by atoms with Crippen molar-refractivity contribution in [1.29, 1.82) is 0 Å². The SMILES string of the molecule is Cc1ccccc1-c1c(C)ccc2oc3c4ccccc4ccc3c12.